The number of benzene rings is 3. The molecule has 0 atom stereocenters. The molecule has 0 bridgehead atoms. The van der Waals surface area contributed by atoms with E-state index in [9.17, 15) is 18.4 Å². The topological polar surface area (TPSA) is 79.3 Å². The molecule has 0 radical (unpaired) electrons. The molecule has 2 aliphatic rings. The predicted molar refractivity (Wildman–Crippen MR) is 166 cm³/mol. The van der Waals surface area contributed by atoms with Crippen LogP contribution in [0.5, 0.6) is 11.5 Å². The summed E-state index contributed by atoms with van der Waals surface area (Å²) in [5.74, 6) is -1.98. The highest BCUT2D eigenvalue weighted by molar-refractivity contribution is 8.26. The lowest BCUT2D eigenvalue weighted by Crippen LogP contribution is -2.29. The molecule has 2 aliphatic heterocycles. The standard InChI is InChI=1S/C32H30F2N2O5S2/c33-26-10-6-23(19-27(26)34)22-7-11-28(41-17-15-35-12-1-2-13-35)24(18-22)20-29-30(37)36(32(42)43-29)14-3-16-40-25-8-4-21(5-9-25)31(38)39/h4-11,18-20H,1-3,12-17H2,(H,38,39)/b29-20-. The number of halogens is 2. The van der Waals surface area contributed by atoms with E-state index in [2.05, 4.69) is 4.90 Å². The normalized spacial score (nSPS) is 16.3. The first-order valence-corrected chi connectivity index (χ1v) is 15.2. The molecule has 1 N–H and O–H groups in total. The van der Waals surface area contributed by atoms with E-state index in [-0.39, 0.29) is 11.5 Å². The molecular weight excluding hydrogens is 594 g/mol. The van der Waals surface area contributed by atoms with E-state index in [0.717, 1.165) is 31.8 Å². The van der Waals surface area contributed by atoms with Crippen LogP contribution in [0.2, 0.25) is 0 Å². The number of thioether (sulfide) groups is 1. The summed E-state index contributed by atoms with van der Waals surface area (Å²) in [5.41, 5.74) is 1.97. The van der Waals surface area contributed by atoms with E-state index in [1.807, 2.05) is 0 Å². The monoisotopic (exact) mass is 624 g/mol. The predicted octanol–water partition coefficient (Wildman–Crippen LogP) is 6.47. The highest BCUT2D eigenvalue weighted by atomic mass is 32.2. The van der Waals surface area contributed by atoms with E-state index < -0.39 is 17.6 Å². The van der Waals surface area contributed by atoms with E-state index in [0.29, 0.717) is 63.6 Å². The maximum absolute atomic E-state index is 14.0. The van der Waals surface area contributed by atoms with Crippen molar-refractivity contribution in [3.05, 3.63) is 88.3 Å². The molecule has 224 valence electrons. The van der Waals surface area contributed by atoms with Gasteiger partial charge in [0.05, 0.1) is 17.1 Å². The van der Waals surface area contributed by atoms with Crippen LogP contribution >= 0.6 is 24.0 Å². The molecule has 7 nitrogen and oxygen atoms in total. The molecule has 0 aliphatic carbocycles. The third-order valence-electron chi connectivity index (χ3n) is 7.18. The number of carboxylic acids is 1. The van der Waals surface area contributed by atoms with E-state index in [1.54, 1.807) is 36.4 Å². The summed E-state index contributed by atoms with van der Waals surface area (Å²) in [5, 5.41) is 9.02. The Morgan fingerprint density at radius 1 is 0.930 bits per heavy atom. The van der Waals surface area contributed by atoms with Crippen LogP contribution in [0.4, 0.5) is 8.78 Å². The Bertz CT molecular complexity index is 1540. The number of likely N-dealkylation sites (tertiary alicyclic amines) is 1. The highest BCUT2D eigenvalue weighted by Crippen LogP contribution is 2.36. The van der Waals surface area contributed by atoms with Crippen LogP contribution in [-0.4, -0.2) is 70.5 Å². The van der Waals surface area contributed by atoms with Crippen LogP contribution in [0.3, 0.4) is 0 Å². The number of carboxylic acid groups (broad SMARTS) is 1. The van der Waals surface area contributed by atoms with Crippen molar-refractivity contribution in [3.63, 3.8) is 0 Å². The summed E-state index contributed by atoms with van der Waals surface area (Å²) >= 11 is 6.70. The van der Waals surface area contributed by atoms with Gasteiger partial charge >= 0.3 is 5.97 Å². The largest absolute Gasteiger partial charge is 0.494 e. The molecule has 2 fully saturated rings. The van der Waals surface area contributed by atoms with E-state index in [4.69, 9.17) is 26.8 Å². The summed E-state index contributed by atoms with van der Waals surface area (Å²) in [6.45, 7) is 4.03. The second-order valence-corrected chi connectivity index (χ2v) is 11.8. The molecule has 0 unspecified atom stereocenters. The maximum Gasteiger partial charge on any atom is 0.335 e. The van der Waals surface area contributed by atoms with Gasteiger partial charge in [0.15, 0.2) is 11.6 Å². The number of thiocarbonyl (C=S) groups is 1. The lowest BCUT2D eigenvalue weighted by atomic mass is 10.0. The minimum atomic E-state index is -1.01. The average Bonchev–Trinajstić information content (AvgIpc) is 3.61. The Hall–Kier alpha value is -3.80. The molecule has 11 heteroatoms. The SMILES string of the molecule is O=C(O)c1ccc(OCCCN2C(=O)/C(=C/c3cc(-c4ccc(F)c(F)c4)ccc3OCCN3CCCC3)SC2=S)cc1. The fourth-order valence-corrected chi connectivity index (χ4v) is 6.18. The fraction of sp³-hybridized carbons (Fsp3) is 0.281. The van der Waals surface area contributed by atoms with Gasteiger partial charge in [-0.1, -0.05) is 36.1 Å². The van der Waals surface area contributed by atoms with Crippen molar-refractivity contribution in [2.75, 3.05) is 39.4 Å². The molecule has 3 aromatic carbocycles. The molecule has 2 heterocycles. The van der Waals surface area contributed by atoms with E-state index in [1.165, 1.54) is 47.7 Å². The lowest BCUT2D eigenvalue weighted by Gasteiger charge is -2.17. The van der Waals surface area contributed by atoms with Crippen molar-refractivity contribution in [1.82, 2.24) is 9.80 Å². The number of nitrogens with zero attached hydrogens (tertiary/aromatic N) is 2. The van der Waals surface area contributed by atoms with Crippen LogP contribution in [0.1, 0.15) is 35.2 Å². The smallest absolute Gasteiger partial charge is 0.335 e. The number of carbonyl (C=O) groups is 2. The zero-order valence-electron chi connectivity index (χ0n) is 23.3. The Labute approximate surface area is 258 Å². The third-order valence-corrected chi connectivity index (χ3v) is 8.56. The van der Waals surface area contributed by atoms with E-state index >= 15 is 0 Å². The molecule has 1 amide bonds. The summed E-state index contributed by atoms with van der Waals surface area (Å²) in [6, 6.07) is 15.2. The molecule has 0 saturated carbocycles. The fourth-order valence-electron chi connectivity index (χ4n) is 4.88. The van der Waals surface area contributed by atoms with Gasteiger partial charge in [-0.15, -0.1) is 0 Å². The average molecular weight is 625 g/mol. The number of amides is 1. The molecule has 3 aromatic rings. The van der Waals surface area contributed by atoms with Gasteiger partial charge < -0.3 is 14.6 Å². The first-order valence-electron chi connectivity index (χ1n) is 13.9. The molecule has 43 heavy (non-hydrogen) atoms. The Morgan fingerprint density at radius 3 is 2.37 bits per heavy atom. The van der Waals surface area contributed by atoms with Gasteiger partial charge in [0.2, 0.25) is 0 Å². The molecule has 0 spiro atoms. The second kappa shape index (κ2) is 14.1. The quantitative estimate of drug-likeness (QED) is 0.140. The van der Waals surface area contributed by atoms with Crippen LogP contribution < -0.4 is 9.47 Å². The van der Waals surface area contributed by atoms with Crippen molar-refractivity contribution < 1.29 is 33.0 Å². The van der Waals surface area contributed by atoms with Crippen molar-refractivity contribution >= 4 is 46.3 Å². The van der Waals surface area contributed by atoms with Crippen molar-refractivity contribution in [2.45, 2.75) is 19.3 Å². The number of ether oxygens (including phenoxy) is 2. The molecular formula is C32H30F2N2O5S2. The first-order chi connectivity index (χ1) is 20.8. The minimum Gasteiger partial charge on any atom is -0.494 e. The maximum atomic E-state index is 14.0. The zero-order valence-corrected chi connectivity index (χ0v) is 24.9. The highest BCUT2D eigenvalue weighted by Gasteiger charge is 2.32. The van der Waals surface area contributed by atoms with Crippen LogP contribution in [0, 0.1) is 11.6 Å². The Morgan fingerprint density at radius 2 is 1.65 bits per heavy atom. The summed E-state index contributed by atoms with van der Waals surface area (Å²) in [7, 11) is 0. The van der Waals surface area contributed by atoms with Gasteiger partial charge in [-0.3, -0.25) is 14.6 Å². The summed E-state index contributed by atoms with van der Waals surface area (Å²) in [4.78, 5) is 28.6. The number of rotatable bonds is 12. The number of aromatic carboxylic acids is 1. The van der Waals surface area contributed by atoms with Gasteiger partial charge in [-0.2, -0.15) is 0 Å². The van der Waals surface area contributed by atoms with Gasteiger partial charge in [0.1, 0.15) is 22.4 Å². The minimum absolute atomic E-state index is 0.173. The number of hydrogen-bond acceptors (Lipinski definition) is 7. The van der Waals surface area contributed by atoms with Gasteiger partial charge in [0.25, 0.3) is 5.91 Å². The second-order valence-electron chi connectivity index (χ2n) is 10.1. The first kappa shape index (κ1) is 30.7. The molecule has 0 aromatic heterocycles. The lowest BCUT2D eigenvalue weighted by molar-refractivity contribution is -0.122. The number of carbonyl (C=O) groups excluding carboxylic acids is 1. The van der Waals surface area contributed by atoms with Crippen molar-refractivity contribution in [1.29, 1.82) is 0 Å². The van der Waals surface area contributed by atoms with Crippen LogP contribution in [0.25, 0.3) is 17.2 Å². The van der Waals surface area contributed by atoms with Crippen LogP contribution in [0.15, 0.2) is 65.6 Å². The molecule has 5 rings (SSSR count). The summed E-state index contributed by atoms with van der Waals surface area (Å²) in [6.07, 6.45) is 4.61. The van der Waals surface area contributed by atoms with Crippen molar-refractivity contribution in [2.24, 2.45) is 0 Å². The number of hydrogen-bond donors (Lipinski definition) is 1. The van der Waals surface area contributed by atoms with Gasteiger partial charge in [0, 0.05) is 18.7 Å². The Kier molecular flexibility index (Phi) is 10.1. The van der Waals surface area contributed by atoms with Crippen molar-refractivity contribution in [3.8, 4) is 22.6 Å². The molecule has 2 saturated heterocycles. The van der Waals surface area contributed by atoms with Gasteiger partial charge in [-0.05, 0) is 98.1 Å². The Balaban J connectivity index is 1.28. The van der Waals surface area contributed by atoms with Crippen LogP contribution in [-0.2, 0) is 4.79 Å². The summed E-state index contributed by atoms with van der Waals surface area (Å²) < 4.78 is 39.8. The zero-order chi connectivity index (χ0) is 30.3. The third kappa shape index (κ3) is 7.78. The van der Waals surface area contributed by atoms with Gasteiger partial charge in [-0.25, -0.2) is 13.6 Å².